The molecule has 2 amide bonds. The summed E-state index contributed by atoms with van der Waals surface area (Å²) in [6.07, 6.45) is 4.59. The van der Waals surface area contributed by atoms with Crippen LogP contribution in [0.4, 0.5) is 15.0 Å². The largest absolute Gasteiger partial charge is 0.443 e. The number of hydrogen-bond acceptors (Lipinski definition) is 8. The van der Waals surface area contributed by atoms with Gasteiger partial charge in [0.25, 0.3) is 5.91 Å². The molecule has 0 spiro atoms. The predicted octanol–water partition coefficient (Wildman–Crippen LogP) is 5.12. The van der Waals surface area contributed by atoms with Gasteiger partial charge in [0.15, 0.2) is 5.82 Å². The van der Waals surface area contributed by atoms with Crippen molar-refractivity contribution < 1.29 is 18.7 Å². The van der Waals surface area contributed by atoms with Gasteiger partial charge in [0.1, 0.15) is 27.0 Å². The fourth-order valence-electron chi connectivity index (χ4n) is 3.80. The number of rotatable bonds is 6. The van der Waals surface area contributed by atoms with Gasteiger partial charge in [-0.3, -0.25) is 14.7 Å². The van der Waals surface area contributed by atoms with Gasteiger partial charge in [-0.1, -0.05) is 20.3 Å². The lowest BCUT2D eigenvalue weighted by atomic mass is 9.66. The van der Waals surface area contributed by atoms with E-state index in [1.807, 2.05) is 13.8 Å². The number of primary amides is 1. The van der Waals surface area contributed by atoms with E-state index >= 15 is 0 Å². The number of carbonyl (C=O) groups is 2. The second-order valence-electron chi connectivity index (χ2n) is 9.20. The minimum absolute atomic E-state index is 0.146. The van der Waals surface area contributed by atoms with E-state index < -0.39 is 28.8 Å². The lowest BCUT2D eigenvalue weighted by molar-refractivity contribution is 0.0557. The van der Waals surface area contributed by atoms with Crippen molar-refractivity contribution in [3.63, 3.8) is 0 Å². The molecule has 1 aliphatic carbocycles. The molecule has 0 radical (unpaired) electrons. The molecule has 0 aliphatic heterocycles. The molecule has 0 unspecified atom stereocenters. The first-order chi connectivity index (χ1) is 17.1. The maximum Gasteiger partial charge on any atom is 0.416 e. The summed E-state index contributed by atoms with van der Waals surface area (Å²) in [5.41, 5.74) is 4.68. The summed E-state index contributed by atoms with van der Waals surface area (Å²) in [5, 5.41) is 8.90. The zero-order valence-electron chi connectivity index (χ0n) is 21.1. The van der Waals surface area contributed by atoms with E-state index in [2.05, 4.69) is 20.2 Å². The summed E-state index contributed by atoms with van der Waals surface area (Å²) in [5.74, 6) is -0.717. The van der Waals surface area contributed by atoms with Crippen molar-refractivity contribution in [3.8, 4) is 10.7 Å². The number of ether oxygens (including phenoxy) is 1. The Morgan fingerprint density at radius 1 is 1.17 bits per heavy atom. The average Bonchev–Trinajstić information content (AvgIpc) is 3.31. The van der Waals surface area contributed by atoms with Crippen molar-refractivity contribution in [3.05, 3.63) is 53.0 Å². The molecule has 1 fully saturated rings. The van der Waals surface area contributed by atoms with Crippen LogP contribution in [0.25, 0.3) is 10.7 Å². The number of nitrogens with zero attached hydrogens (tertiary/aromatic N) is 5. The van der Waals surface area contributed by atoms with Crippen LogP contribution in [0.3, 0.4) is 0 Å². The number of thiazole rings is 1. The number of amides is 2. The van der Waals surface area contributed by atoms with Crippen molar-refractivity contribution in [1.29, 1.82) is 0 Å². The maximum absolute atomic E-state index is 14.7. The molecule has 0 atom stereocenters. The van der Waals surface area contributed by atoms with E-state index in [-0.39, 0.29) is 12.4 Å². The molecule has 4 rings (SSSR count). The zero-order chi connectivity index (χ0) is 26.5. The van der Waals surface area contributed by atoms with Crippen molar-refractivity contribution in [2.24, 2.45) is 5.73 Å². The lowest BCUT2D eigenvalue weighted by Gasteiger charge is -2.44. The van der Waals surface area contributed by atoms with Gasteiger partial charge in [0, 0.05) is 18.2 Å². The standard InChI is InChI=1S/C23H25FN6O3S.C2H6/c1-22(2,3)33-21(32)30(13-23(9-5-10-23)18-14(24)6-4-11-26-18)17-8-7-15(28-29-17)20-27-12-16(34-20)19(25)31;1-2/h4,6-8,11-12H,5,9-10,13H2,1-3H3,(H2,25,31);1-2H3. The van der Waals surface area contributed by atoms with Gasteiger partial charge >= 0.3 is 6.09 Å². The number of halogens is 1. The summed E-state index contributed by atoms with van der Waals surface area (Å²) >= 11 is 1.10. The van der Waals surface area contributed by atoms with E-state index in [1.54, 1.807) is 45.2 Å². The second kappa shape index (κ2) is 11.1. The van der Waals surface area contributed by atoms with E-state index in [1.165, 1.54) is 17.2 Å². The number of hydrogen-bond donors (Lipinski definition) is 1. The fraction of sp³-hybridized carbons (Fsp3) is 0.440. The first kappa shape index (κ1) is 27.1. The van der Waals surface area contributed by atoms with Gasteiger partial charge < -0.3 is 10.5 Å². The zero-order valence-corrected chi connectivity index (χ0v) is 21.9. The molecule has 0 bridgehead atoms. The van der Waals surface area contributed by atoms with Crippen molar-refractivity contribution in [1.82, 2.24) is 20.2 Å². The fourth-order valence-corrected chi connectivity index (χ4v) is 4.53. The second-order valence-corrected chi connectivity index (χ2v) is 10.2. The van der Waals surface area contributed by atoms with Crippen LogP contribution >= 0.6 is 11.3 Å². The Kier molecular flexibility index (Phi) is 8.34. The topological polar surface area (TPSA) is 124 Å². The minimum atomic E-state index is -0.738. The molecule has 0 saturated heterocycles. The highest BCUT2D eigenvalue weighted by Gasteiger charge is 2.45. The Labute approximate surface area is 213 Å². The van der Waals surface area contributed by atoms with Crippen LogP contribution in [0.15, 0.2) is 36.7 Å². The lowest BCUT2D eigenvalue weighted by Crippen LogP contribution is -2.50. The number of anilines is 1. The van der Waals surface area contributed by atoms with Gasteiger partial charge in [-0.25, -0.2) is 14.2 Å². The number of aromatic nitrogens is 4. The molecule has 3 aromatic rings. The number of pyridine rings is 1. The normalized spacial score (nSPS) is 14.2. The van der Waals surface area contributed by atoms with Gasteiger partial charge in [-0.15, -0.1) is 21.5 Å². The van der Waals surface area contributed by atoms with Crippen molar-refractivity contribution in [2.75, 3.05) is 11.4 Å². The van der Waals surface area contributed by atoms with Crippen LogP contribution in [0.2, 0.25) is 0 Å². The maximum atomic E-state index is 14.7. The molecule has 1 saturated carbocycles. The van der Waals surface area contributed by atoms with Crippen LogP contribution in [-0.2, 0) is 10.2 Å². The van der Waals surface area contributed by atoms with Gasteiger partial charge in [0.2, 0.25) is 0 Å². The summed E-state index contributed by atoms with van der Waals surface area (Å²) < 4.78 is 20.3. The quantitative estimate of drug-likeness (QED) is 0.484. The Morgan fingerprint density at radius 3 is 2.39 bits per heavy atom. The Morgan fingerprint density at radius 2 is 1.89 bits per heavy atom. The Balaban J connectivity index is 0.00000176. The smallest absolute Gasteiger partial charge is 0.416 e. The molecule has 3 heterocycles. The minimum Gasteiger partial charge on any atom is -0.443 e. The first-order valence-corrected chi connectivity index (χ1v) is 12.6. The molecule has 9 nitrogen and oxygen atoms in total. The van der Waals surface area contributed by atoms with Crippen LogP contribution in [0, 0.1) is 5.82 Å². The van der Waals surface area contributed by atoms with E-state index in [0.29, 0.717) is 34.1 Å². The van der Waals surface area contributed by atoms with Gasteiger partial charge in [0.05, 0.1) is 11.9 Å². The summed E-state index contributed by atoms with van der Waals surface area (Å²) in [6, 6.07) is 6.20. The highest BCUT2D eigenvalue weighted by molar-refractivity contribution is 7.16. The highest BCUT2D eigenvalue weighted by Crippen LogP contribution is 2.45. The SMILES string of the molecule is CC.CC(C)(C)OC(=O)N(CC1(c2ncccc2F)CCC1)c1ccc(-c2ncc(C(N)=O)s2)nn1. The molecule has 3 aromatic heterocycles. The van der Waals surface area contributed by atoms with Crippen LogP contribution in [-0.4, -0.2) is 44.3 Å². The van der Waals surface area contributed by atoms with Crippen molar-refractivity contribution >= 4 is 29.2 Å². The molecule has 36 heavy (non-hydrogen) atoms. The van der Waals surface area contributed by atoms with E-state index in [9.17, 15) is 14.0 Å². The number of nitrogens with two attached hydrogens (primary N) is 1. The van der Waals surface area contributed by atoms with Gasteiger partial charge in [-0.05, 0) is 57.9 Å². The molecular formula is C25H31FN6O3S. The van der Waals surface area contributed by atoms with E-state index in [0.717, 1.165) is 17.8 Å². The third kappa shape index (κ3) is 6.01. The Hall–Kier alpha value is -3.47. The van der Waals surface area contributed by atoms with Crippen LogP contribution in [0.1, 0.15) is 69.2 Å². The number of carbonyl (C=O) groups excluding carboxylic acids is 2. The molecule has 0 aromatic carbocycles. The summed E-state index contributed by atoms with van der Waals surface area (Å²) in [6.45, 7) is 9.46. The molecule has 11 heteroatoms. The van der Waals surface area contributed by atoms with Crippen molar-refractivity contribution in [2.45, 2.75) is 64.9 Å². The third-order valence-corrected chi connectivity index (χ3v) is 6.58. The van der Waals surface area contributed by atoms with Crippen LogP contribution < -0.4 is 10.6 Å². The predicted molar refractivity (Wildman–Crippen MR) is 136 cm³/mol. The van der Waals surface area contributed by atoms with E-state index in [4.69, 9.17) is 10.5 Å². The molecule has 1 aliphatic rings. The average molecular weight is 515 g/mol. The van der Waals surface area contributed by atoms with Crippen LogP contribution in [0.5, 0.6) is 0 Å². The molecular weight excluding hydrogens is 483 g/mol. The van der Waals surface area contributed by atoms with Gasteiger partial charge in [-0.2, -0.15) is 0 Å². The summed E-state index contributed by atoms with van der Waals surface area (Å²) in [4.78, 5) is 34.7. The highest BCUT2D eigenvalue weighted by atomic mass is 32.1. The Bertz CT molecular complexity index is 1210. The monoisotopic (exact) mass is 514 g/mol. The third-order valence-electron chi connectivity index (χ3n) is 5.54. The first-order valence-electron chi connectivity index (χ1n) is 11.8. The molecule has 2 N–H and O–H groups in total. The molecule has 192 valence electrons. The summed E-state index contributed by atoms with van der Waals surface area (Å²) in [7, 11) is 0.